The zero-order valence-electron chi connectivity index (χ0n) is 11.7. The lowest BCUT2D eigenvalue weighted by Crippen LogP contribution is -2.53. The molecule has 1 heterocycles. The van der Waals surface area contributed by atoms with Gasteiger partial charge in [-0.1, -0.05) is 0 Å². The second-order valence-electron chi connectivity index (χ2n) is 6.54. The molecule has 0 aromatic rings. The highest BCUT2D eigenvalue weighted by Gasteiger charge is 2.35. The van der Waals surface area contributed by atoms with Crippen molar-refractivity contribution in [1.82, 2.24) is 10.2 Å². The Morgan fingerprint density at radius 1 is 1.18 bits per heavy atom. The van der Waals surface area contributed by atoms with Gasteiger partial charge in [-0.25, -0.2) is 0 Å². The van der Waals surface area contributed by atoms with Crippen molar-refractivity contribution in [3.63, 3.8) is 0 Å². The Hall–Kier alpha value is 0.270. The number of nitrogens with one attached hydrogen (secondary N) is 1. The van der Waals surface area contributed by atoms with E-state index in [-0.39, 0.29) is 5.54 Å². The first-order valence-electron chi connectivity index (χ1n) is 7.13. The molecule has 2 rings (SSSR count). The van der Waals surface area contributed by atoms with Gasteiger partial charge in [-0.05, 0) is 64.8 Å². The third kappa shape index (κ3) is 4.15. The second-order valence-corrected chi connectivity index (χ2v) is 7.76. The molecule has 2 atom stereocenters. The van der Waals surface area contributed by atoms with Crippen LogP contribution in [0.15, 0.2) is 0 Å². The van der Waals surface area contributed by atoms with Crippen molar-refractivity contribution in [1.29, 1.82) is 0 Å². The Kier molecular flexibility index (Phi) is 4.79. The van der Waals surface area contributed by atoms with E-state index < -0.39 is 0 Å². The third-order valence-corrected chi connectivity index (χ3v) is 5.05. The first-order valence-corrected chi connectivity index (χ1v) is 8.28. The quantitative estimate of drug-likeness (QED) is 0.835. The Bertz CT molecular complexity index is 229. The molecule has 0 bridgehead atoms. The normalized spacial score (nSPS) is 31.9. The zero-order chi connectivity index (χ0) is 12.3. The van der Waals surface area contributed by atoms with Crippen LogP contribution in [-0.4, -0.2) is 47.6 Å². The molecule has 1 aliphatic heterocycles. The van der Waals surface area contributed by atoms with E-state index in [4.69, 9.17) is 0 Å². The Morgan fingerprint density at radius 2 is 2.00 bits per heavy atom. The molecule has 0 radical (unpaired) electrons. The fraction of sp³-hybridized carbons (Fsp3) is 1.00. The highest BCUT2D eigenvalue weighted by molar-refractivity contribution is 7.99. The number of hydrogen-bond acceptors (Lipinski definition) is 3. The summed E-state index contributed by atoms with van der Waals surface area (Å²) in [6, 6.07) is 0.878. The summed E-state index contributed by atoms with van der Waals surface area (Å²) in [7, 11) is 0. The highest BCUT2D eigenvalue weighted by Crippen LogP contribution is 2.33. The summed E-state index contributed by atoms with van der Waals surface area (Å²) >= 11 is 2.13. The van der Waals surface area contributed by atoms with E-state index in [1.54, 1.807) is 0 Å². The molecule has 2 fully saturated rings. The number of rotatable bonds is 3. The minimum Gasteiger partial charge on any atom is -0.312 e. The summed E-state index contributed by atoms with van der Waals surface area (Å²) in [4.78, 5) is 2.76. The van der Waals surface area contributed by atoms with Crippen molar-refractivity contribution < 1.29 is 0 Å². The van der Waals surface area contributed by atoms with E-state index in [1.165, 1.54) is 50.4 Å². The van der Waals surface area contributed by atoms with Gasteiger partial charge >= 0.3 is 0 Å². The molecular weight excluding hydrogens is 228 g/mol. The van der Waals surface area contributed by atoms with Gasteiger partial charge in [0.05, 0.1) is 0 Å². The SMILES string of the molecule is CC(C)(C)NCC1CCC1N1CCCSCC1. The van der Waals surface area contributed by atoms with E-state index in [9.17, 15) is 0 Å². The molecule has 17 heavy (non-hydrogen) atoms. The molecule has 100 valence electrons. The minimum atomic E-state index is 0.273. The minimum absolute atomic E-state index is 0.273. The smallest absolute Gasteiger partial charge is 0.0136 e. The van der Waals surface area contributed by atoms with Crippen LogP contribution in [0.2, 0.25) is 0 Å². The fourth-order valence-corrected chi connectivity index (χ4v) is 3.71. The van der Waals surface area contributed by atoms with Gasteiger partial charge < -0.3 is 5.32 Å². The number of thioether (sulfide) groups is 1. The summed E-state index contributed by atoms with van der Waals surface area (Å²) in [6.07, 6.45) is 4.25. The molecule has 1 saturated heterocycles. The van der Waals surface area contributed by atoms with Gasteiger partial charge in [0.15, 0.2) is 0 Å². The Morgan fingerprint density at radius 3 is 2.65 bits per heavy atom. The summed E-state index contributed by atoms with van der Waals surface area (Å²) in [5.74, 6) is 3.61. The Balaban J connectivity index is 1.77. The average Bonchev–Trinajstić information content (AvgIpc) is 2.43. The van der Waals surface area contributed by atoms with Crippen LogP contribution in [0, 0.1) is 5.92 Å². The zero-order valence-corrected chi connectivity index (χ0v) is 12.5. The lowest BCUT2D eigenvalue weighted by molar-refractivity contribution is 0.0645. The largest absolute Gasteiger partial charge is 0.312 e. The van der Waals surface area contributed by atoms with Gasteiger partial charge in [0.1, 0.15) is 0 Å². The summed E-state index contributed by atoms with van der Waals surface area (Å²) in [6.45, 7) is 10.7. The summed E-state index contributed by atoms with van der Waals surface area (Å²) in [5, 5.41) is 3.68. The van der Waals surface area contributed by atoms with E-state index in [2.05, 4.69) is 42.7 Å². The maximum atomic E-state index is 3.68. The van der Waals surface area contributed by atoms with Crippen LogP contribution in [0.25, 0.3) is 0 Å². The third-order valence-electron chi connectivity index (χ3n) is 4.00. The molecule has 3 heteroatoms. The van der Waals surface area contributed by atoms with E-state index in [1.807, 2.05) is 0 Å². The van der Waals surface area contributed by atoms with Crippen LogP contribution in [0.1, 0.15) is 40.0 Å². The molecule has 0 amide bonds. The molecule has 1 saturated carbocycles. The van der Waals surface area contributed by atoms with Gasteiger partial charge in [-0.15, -0.1) is 0 Å². The first kappa shape index (κ1) is 13.7. The maximum Gasteiger partial charge on any atom is 0.0136 e. The maximum absolute atomic E-state index is 3.68. The highest BCUT2D eigenvalue weighted by atomic mass is 32.2. The topological polar surface area (TPSA) is 15.3 Å². The second kappa shape index (κ2) is 5.94. The molecule has 1 aliphatic carbocycles. The van der Waals surface area contributed by atoms with Crippen molar-refractivity contribution >= 4 is 11.8 Å². The summed E-state index contributed by atoms with van der Waals surface area (Å²) < 4.78 is 0. The van der Waals surface area contributed by atoms with Crippen molar-refractivity contribution in [2.24, 2.45) is 5.92 Å². The van der Waals surface area contributed by atoms with Gasteiger partial charge in [0, 0.05) is 23.9 Å². The summed E-state index contributed by atoms with van der Waals surface area (Å²) in [5.41, 5.74) is 0.273. The van der Waals surface area contributed by atoms with Crippen molar-refractivity contribution in [3.8, 4) is 0 Å². The lowest BCUT2D eigenvalue weighted by atomic mass is 9.78. The molecule has 0 spiro atoms. The van der Waals surface area contributed by atoms with E-state index in [0.717, 1.165) is 12.0 Å². The van der Waals surface area contributed by atoms with Crippen LogP contribution in [0.3, 0.4) is 0 Å². The van der Waals surface area contributed by atoms with Crippen LogP contribution in [-0.2, 0) is 0 Å². The molecule has 1 N–H and O–H groups in total. The molecule has 0 aromatic carbocycles. The van der Waals surface area contributed by atoms with Crippen molar-refractivity contribution in [2.45, 2.75) is 51.6 Å². The molecule has 2 unspecified atom stereocenters. The van der Waals surface area contributed by atoms with Gasteiger partial charge in [-0.2, -0.15) is 11.8 Å². The molecule has 2 nitrogen and oxygen atoms in total. The average molecular weight is 256 g/mol. The molecular formula is C14H28N2S. The number of nitrogens with zero attached hydrogens (tertiary/aromatic N) is 1. The predicted octanol–water partition coefficient (Wildman–Crippen LogP) is 2.59. The predicted molar refractivity (Wildman–Crippen MR) is 77.8 cm³/mol. The first-order chi connectivity index (χ1) is 8.06. The molecule has 2 aliphatic rings. The van der Waals surface area contributed by atoms with Crippen LogP contribution < -0.4 is 5.32 Å². The van der Waals surface area contributed by atoms with Crippen molar-refractivity contribution in [2.75, 3.05) is 31.1 Å². The standard InChI is InChI=1S/C14H28N2S/c1-14(2,3)15-11-12-5-6-13(12)16-7-4-9-17-10-8-16/h12-13,15H,4-11H2,1-3H3. The van der Waals surface area contributed by atoms with E-state index >= 15 is 0 Å². The van der Waals surface area contributed by atoms with E-state index in [0.29, 0.717) is 0 Å². The van der Waals surface area contributed by atoms with Crippen LogP contribution >= 0.6 is 11.8 Å². The lowest BCUT2D eigenvalue weighted by Gasteiger charge is -2.45. The fourth-order valence-electron chi connectivity index (χ4n) is 2.80. The monoisotopic (exact) mass is 256 g/mol. The van der Waals surface area contributed by atoms with Crippen LogP contribution in [0.5, 0.6) is 0 Å². The number of hydrogen-bond donors (Lipinski definition) is 1. The van der Waals surface area contributed by atoms with Crippen LogP contribution in [0.4, 0.5) is 0 Å². The Labute approximate surface area is 111 Å². The van der Waals surface area contributed by atoms with Gasteiger partial charge in [0.25, 0.3) is 0 Å². The van der Waals surface area contributed by atoms with Gasteiger partial charge in [0.2, 0.25) is 0 Å². The molecule has 0 aromatic heterocycles. The van der Waals surface area contributed by atoms with Crippen molar-refractivity contribution in [3.05, 3.63) is 0 Å². The van der Waals surface area contributed by atoms with Gasteiger partial charge in [-0.3, -0.25) is 4.90 Å².